The van der Waals surface area contributed by atoms with E-state index in [1.54, 1.807) is 0 Å². The predicted molar refractivity (Wildman–Crippen MR) is 64.8 cm³/mol. The van der Waals surface area contributed by atoms with Crippen LogP contribution in [-0.4, -0.2) is 41.2 Å². The third-order valence-corrected chi connectivity index (χ3v) is 3.54. The molecule has 0 aromatic carbocycles. The Balaban J connectivity index is 1.74. The molecule has 2 rings (SSSR count). The van der Waals surface area contributed by atoms with Gasteiger partial charge in [0.1, 0.15) is 6.10 Å². The van der Waals surface area contributed by atoms with Crippen LogP contribution in [0.15, 0.2) is 5.38 Å². The molecule has 2 N–H and O–H groups in total. The van der Waals surface area contributed by atoms with Crippen LogP contribution in [0.4, 0.5) is 0 Å². The molecule has 1 aliphatic heterocycles. The summed E-state index contributed by atoms with van der Waals surface area (Å²) in [5.74, 6) is -1.12. The summed E-state index contributed by atoms with van der Waals surface area (Å²) in [5, 5.41) is 13.7. The van der Waals surface area contributed by atoms with E-state index in [1.165, 1.54) is 16.7 Å². The molecule has 0 saturated carbocycles. The fourth-order valence-electron chi connectivity index (χ4n) is 1.71. The van der Waals surface area contributed by atoms with Crippen molar-refractivity contribution < 1.29 is 19.4 Å². The summed E-state index contributed by atoms with van der Waals surface area (Å²) in [6.45, 7) is 1.10. The van der Waals surface area contributed by atoms with Gasteiger partial charge in [0.2, 0.25) is 5.91 Å². The number of nitrogens with zero attached hydrogens (tertiary/aromatic N) is 1. The van der Waals surface area contributed by atoms with Gasteiger partial charge >= 0.3 is 5.97 Å². The summed E-state index contributed by atoms with van der Waals surface area (Å²) in [4.78, 5) is 26.2. The van der Waals surface area contributed by atoms with Crippen LogP contribution >= 0.6 is 11.3 Å². The van der Waals surface area contributed by atoms with Gasteiger partial charge in [-0.2, -0.15) is 0 Å². The number of carbonyl (C=O) groups excluding carboxylic acids is 1. The lowest BCUT2D eigenvalue weighted by molar-refractivity contribution is -0.129. The van der Waals surface area contributed by atoms with Crippen molar-refractivity contribution in [3.63, 3.8) is 0 Å². The number of rotatable bonds is 5. The molecule has 1 aromatic heterocycles. The number of amides is 1. The van der Waals surface area contributed by atoms with Crippen molar-refractivity contribution >= 4 is 23.2 Å². The van der Waals surface area contributed by atoms with E-state index in [0.29, 0.717) is 24.6 Å². The Kier molecular flexibility index (Phi) is 4.27. The monoisotopic (exact) mass is 270 g/mol. The van der Waals surface area contributed by atoms with Crippen LogP contribution in [0.25, 0.3) is 0 Å². The molecule has 1 atom stereocenters. The van der Waals surface area contributed by atoms with Crippen molar-refractivity contribution in [1.82, 2.24) is 10.3 Å². The lowest BCUT2D eigenvalue weighted by atomic mass is 10.2. The Hall–Kier alpha value is -1.47. The molecular weight excluding hydrogens is 256 g/mol. The molecule has 1 aliphatic rings. The second-order valence-electron chi connectivity index (χ2n) is 3.97. The first-order chi connectivity index (χ1) is 8.66. The smallest absolute Gasteiger partial charge is 0.355 e. The molecule has 0 bridgehead atoms. The van der Waals surface area contributed by atoms with E-state index in [2.05, 4.69) is 10.3 Å². The molecule has 98 valence electrons. The second-order valence-corrected chi connectivity index (χ2v) is 4.92. The number of hydrogen-bond donors (Lipinski definition) is 2. The fraction of sp³-hybridized carbons (Fsp3) is 0.545. The van der Waals surface area contributed by atoms with E-state index in [9.17, 15) is 9.59 Å². The molecule has 18 heavy (non-hydrogen) atoms. The molecule has 6 nitrogen and oxygen atoms in total. The maximum absolute atomic E-state index is 11.6. The molecule has 1 aromatic rings. The molecule has 1 fully saturated rings. The lowest BCUT2D eigenvalue weighted by Gasteiger charge is -2.09. The number of ether oxygens (including phenoxy) is 1. The van der Waals surface area contributed by atoms with Crippen LogP contribution in [0, 0.1) is 0 Å². The predicted octanol–water partition coefficient (Wildman–Crippen LogP) is 0.679. The van der Waals surface area contributed by atoms with Gasteiger partial charge < -0.3 is 15.2 Å². The third kappa shape index (κ3) is 3.27. The van der Waals surface area contributed by atoms with Gasteiger partial charge in [-0.1, -0.05) is 0 Å². The third-order valence-electron chi connectivity index (χ3n) is 2.63. The van der Waals surface area contributed by atoms with Gasteiger partial charge in [0.05, 0.1) is 5.01 Å². The first-order valence-corrected chi connectivity index (χ1v) is 6.62. The zero-order chi connectivity index (χ0) is 13.0. The van der Waals surface area contributed by atoms with E-state index in [1.807, 2.05) is 0 Å². The summed E-state index contributed by atoms with van der Waals surface area (Å²) in [7, 11) is 0. The van der Waals surface area contributed by atoms with Gasteiger partial charge in [0.15, 0.2) is 5.69 Å². The summed E-state index contributed by atoms with van der Waals surface area (Å²) in [6, 6.07) is 0. The lowest BCUT2D eigenvalue weighted by Crippen LogP contribution is -2.35. The number of aromatic carboxylic acids is 1. The molecule has 0 unspecified atom stereocenters. The summed E-state index contributed by atoms with van der Waals surface area (Å²) < 4.78 is 5.25. The molecule has 0 aliphatic carbocycles. The Morgan fingerprint density at radius 1 is 1.61 bits per heavy atom. The standard InChI is InChI=1S/C11H14N2O4S/c14-10(8-2-1-5-17-8)12-4-3-9-13-7(6-18-9)11(15)16/h6,8H,1-5H2,(H,12,14)(H,15,16)/t8-/m1/s1. The number of carboxylic acids is 1. The number of carbonyl (C=O) groups is 2. The Morgan fingerprint density at radius 2 is 2.44 bits per heavy atom. The summed E-state index contributed by atoms with van der Waals surface area (Å²) in [5.41, 5.74) is 0.0560. The van der Waals surface area contributed by atoms with Crippen molar-refractivity contribution in [2.75, 3.05) is 13.2 Å². The van der Waals surface area contributed by atoms with Gasteiger partial charge in [-0.25, -0.2) is 9.78 Å². The Labute approximate surface area is 108 Å². The van der Waals surface area contributed by atoms with Crippen LogP contribution in [0.2, 0.25) is 0 Å². The number of nitrogens with one attached hydrogen (secondary N) is 1. The number of carboxylic acid groups (broad SMARTS) is 1. The van der Waals surface area contributed by atoms with E-state index in [0.717, 1.165) is 12.8 Å². The van der Waals surface area contributed by atoms with Gasteiger partial charge in [0.25, 0.3) is 0 Å². The van der Waals surface area contributed by atoms with E-state index in [-0.39, 0.29) is 17.7 Å². The molecule has 7 heteroatoms. The van der Waals surface area contributed by atoms with Crippen LogP contribution in [0.1, 0.15) is 28.3 Å². The van der Waals surface area contributed by atoms with E-state index in [4.69, 9.17) is 9.84 Å². The SMILES string of the molecule is O=C(O)c1csc(CCNC(=O)[C@H]2CCCO2)n1. The molecule has 1 amide bonds. The molecule has 0 spiro atoms. The first-order valence-electron chi connectivity index (χ1n) is 5.74. The van der Waals surface area contributed by atoms with Crippen molar-refractivity contribution in [3.8, 4) is 0 Å². The first kappa shape index (κ1) is 13.0. The maximum Gasteiger partial charge on any atom is 0.355 e. The van der Waals surface area contributed by atoms with Crippen molar-refractivity contribution in [1.29, 1.82) is 0 Å². The zero-order valence-corrected chi connectivity index (χ0v) is 10.5. The van der Waals surface area contributed by atoms with E-state index < -0.39 is 5.97 Å². The quantitative estimate of drug-likeness (QED) is 0.821. The van der Waals surface area contributed by atoms with Gasteiger partial charge in [-0.05, 0) is 12.8 Å². The van der Waals surface area contributed by atoms with Gasteiger partial charge in [-0.3, -0.25) is 4.79 Å². The Morgan fingerprint density at radius 3 is 3.06 bits per heavy atom. The number of hydrogen-bond acceptors (Lipinski definition) is 5. The molecule has 1 saturated heterocycles. The number of thiazole rings is 1. The van der Waals surface area contributed by atoms with E-state index >= 15 is 0 Å². The van der Waals surface area contributed by atoms with Crippen molar-refractivity contribution in [3.05, 3.63) is 16.1 Å². The van der Waals surface area contributed by atoms with Gasteiger partial charge in [-0.15, -0.1) is 11.3 Å². The highest BCUT2D eigenvalue weighted by Gasteiger charge is 2.22. The van der Waals surface area contributed by atoms with Crippen molar-refractivity contribution in [2.45, 2.75) is 25.4 Å². The average molecular weight is 270 g/mol. The highest BCUT2D eigenvalue weighted by molar-refractivity contribution is 7.09. The topological polar surface area (TPSA) is 88.5 Å². The zero-order valence-electron chi connectivity index (χ0n) is 9.72. The van der Waals surface area contributed by atoms with Gasteiger partial charge in [0, 0.05) is 25.0 Å². The fourth-order valence-corrected chi connectivity index (χ4v) is 2.49. The van der Waals surface area contributed by atoms with Crippen LogP contribution < -0.4 is 5.32 Å². The maximum atomic E-state index is 11.6. The summed E-state index contributed by atoms with van der Waals surface area (Å²) >= 11 is 1.29. The van der Waals surface area contributed by atoms with Crippen LogP contribution in [0.3, 0.4) is 0 Å². The minimum absolute atomic E-state index is 0.0560. The Bertz CT molecular complexity index is 440. The second kappa shape index (κ2) is 5.92. The number of aromatic nitrogens is 1. The normalized spacial score (nSPS) is 18.8. The minimum atomic E-state index is -1.03. The van der Waals surface area contributed by atoms with Crippen LogP contribution in [0.5, 0.6) is 0 Å². The van der Waals surface area contributed by atoms with Crippen molar-refractivity contribution in [2.24, 2.45) is 0 Å². The highest BCUT2D eigenvalue weighted by atomic mass is 32.1. The summed E-state index contributed by atoms with van der Waals surface area (Å²) in [6.07, 6.45) is 1.91. The largest absolute Gasteiger partial charge is 0.476 e. The minimum Gasteiger partial charge on any atom is -0.476 e. The van der Waals surface area contributed by atoms with Crippen LogP contribution in [-0.2, 0) is 16.0 Å². The highest BCUT2D eigenvalue weighted by Crippen LogP contribution is 2.12. The molecular formula is C11H14N2O4S. The molecule has 2 heterocycles. The average Bonchev–Trinajstić information content (AvgIpc) is 3.00. The molecule has 0 radical (unpaired) electrons.